The summed E-state index contributed by atoms with van der Waals surface area (Å²) in [6, 6.07) is 4.99. The first-order valence-electron chi connectivity index (χ1n) is 7.06. The first kappa shape index (κ1) is 16.7. The topological polar surface area (TPSA) is 50.7 Å². The minimum atomic E-state index is -2.80. The molecular formula is C16H13F2N3OS2. The summed E-state index contributed by atoms with van der Waals surface area (Å²) in [5.74, 6) is 0. The van der Waals surface area contributed by atoms with Gasteiger partial charge in [-0.3, -0.25) is 14.3 Å². The third-order valence-electron chi connectivity index (χ3n) is 3.52. The number of rotatable bonds is 4. The minimum absolute atomic E-state index is 0.125. The average Bonchev–Trinajstić information content (AvgIpc) is 2.96. The molecule has 24 heavy (non-hydrogen) atoms. The molecule has 0 aromatic carbocycles. The molecule has 8 heteroatoms. The van der Waals surface area contributed by atoms with Gasteiger partial charge in [-0.2, -0.15) is 0 Å². The van der Waals surface area contributed by atoms with Crippen LogP contribution in [0, 0.1) is 11.7 Å². The Kier molecular flexibility index (Phi) is 4.42. The monoisotopic (exact) mass is 365 g/mol. The standard InChI is InChI=1S/C16H13F2N3OS2/c1-3-6-21-14-12(15(22)20-16(21)23)9(13(17)18)7-10(19-14)11-5-4-8(2)24-11/h3-5,7,13H,1,6H2,2H3,(H,20,22,23). The van der Waals surface area contributed by atoms with E-state index in [2.05, 4.69) is 16.5 Å². The summed E-state index contributed by atoms with van der Waals surface area (Å²) in [5, 5.41) is -0.141. The van der Waals surface area contributed by atoms with Gasteiger partial charge in [0.05, 0.1) is 16.0 Å². The highest BCUT2D eigenvalue weighted by molar-refractivity contribution is 7.71. The number of aromatic amines is 1. The first-order valence-corrected chi connectivity index (χ1v) is 8.28. The average molecular weight is 365 g/mol. The molecule has 4 nitrogen and oxygen atoms in total. The van der Waals surface area contributed by atoms with Gasteiger partial charge in [-0.05, 0) is 37.3 Å². The number of alkyl halides is 2. The predicted octanol–water partition coefficient (Wildman–Crippen LogP) is 4.61. The highest BCUT2D eigenvalue weighted by Crippen LogP contribution is 2.32. The third kappa shape index (κ3) is 2.83. The number of hydrogen-bond acceptors (Lipinski definition) is 4. The fourth-order valence-electron chi connectivity index (χ4n) is 2.47. The van der Waals surface area contributed by atoms with E-state index < -0.39 is 12.0 Å². The molecule has 0 saturated carbocycles. The van der Waals surface area contributed by atoms with Crippen molar-refractivity contribution in [3.8, 4) is 10.6 Å². The van der Waals surface area contributed by atoms with Crippen molar-refractivity contribution in [1.29, 1.82) is 0 Å². The summed E-state index contributed by atoms with van der Waals surface area (Å²) in [6.45, 7) is 5.82. The molecular weight excluding hydrogens is 352 g/mol. The second-order valence-electron chi connectivity index (χ2n) is 5.16. The quantitative estimate of drug-likeness (QED) is 0.542. The zero-order valence-corrected chi connectivity index (χ0v) is 14.3. The largest absolute Gasteiger partial charge is 0.299 e. The molecule has 0 aliphatic rings. The van der Waals surface area contributed by atoms with Crippen molar-refractivity contribution < 1.29 is 8.78 Å². The fourth-order valence-corrected chi connectivity index (χ4v) is 3.55. The molecule has 0 aliphatic carbocycles. The normalized spacial score (nSPS) is 11.3. The number of nitrogens with zero attached hydrogens (tertiary/aromatic N) is 2. The summed E-state index contributed by atoms with van der Waals surface area (Å²) in [7, 11) is 0. The lowest BCUT2D eigenvalue weighted by Crippen LogP contribution is -2.17. The van der Waals surface area contributed by atoms with Gasteiger partial charge in [0.2, 0.25) is 0 Å². The number of aromatic nitrogens is 3. The second kappa shape index (κ2) is 6.37. The van der Waals surface area contributed by atoms with Crippen molar-refractivity contribution in [2.24, 2.45) is 0 Å². The molecule has 3 rings (SSSR count). The maximum atomic E-state index is 13.6. The molecule has 1 N–H and O–H groups in total. The summed E-state index contributed by atoms with van der Waals surface area (Å²) in [4.78, 5) is 20.9. The lowest BCUT2D eigenvalue weighted by molar-refractivity contribution is 0.153. The van der Waals surface area contributed by atoms with E-state index in [4.69, 9.17) is 12.2 Å². The number of H-pyrrole nitrogens is 1. The number of aryl methyl sites for hydroxylation is 1. The van der Waals surface area contributed by atoms with Gasteiger partial charge >= 0.3 is 0 Å². The Morgan fingerprint density at radius 1 is 1.50 bits per heavy atom. The summed E-state index contributed by atoms with van der Waals surface area (Å²) < 4.78 is 28.7. The van der Waals surface area contributed by atoms with Crippen molar-refractivity contribution in [2.45, 2.75) is 19.9 Å². The van der Waals surface area contributed by atoms with E-state index in [0.717, 1.165) is 9.75 Å². The maximum Gasteiger partial charge on any atom is 0.264 e. The van der Waals surface area contributed by atoms with Crippen LogP contribution >= 0.6 is 23.6 Å². The van der Waals surface area contributed by atoms with Crippen LogP contribution in [0.3, 0.4) is 0 Å². The molecule has 0 saturated heterocycles. The Labute approximate surface area is 145 Å². The van der Waals surface area contributed by atoms with E-state index in [1.54, 1.807) is 6.08 Å². The molecule has 3 aromatic heterocycles. The fraction of sp³-hybridized carbons (Fsp3) is 0.188. The van der Waals surface area contributed by atoms with Gasteiger partial charge in [-0.25, -0.2) is 13.8 Å². The summed E-state index contributed by atoms with van der Waals surface area (Å²) in [5.41, 5.74) is -0.474. The Balaban J connectivity index is 2.46. The molecule has 124 valence electrons. The Morgan fingerprint density at radius 2 is 2.25 bits per heavy atom. The van der Waals surface area contributed by atoms with Gasteiger partial charge in [-0.1, -0.05) is 6.08 Å². The van der Waals surface area contributed by atoms with Crippen molar-refractivity contribution in [2.75, 3.05) is 0 Å². The van der Waals surface area contributed by atoms with E-state index in [1.807, 2.05) is 19.1 Å². The molecule has 0 unspecified atom stereocenters. The van der Waals surface area contributed by atoms with Crippen LogP contribution < -0.4 is 5.56 Å². The van der Waals surface area contributed by atoms with Crippen LogP contribution in [0.4, 0.5) is 8.78 Å². The first-order chi connectivity index (χ1) is 11.4. The van der Waals surface area contributed by atoms with Crippen LogP contribution in [0.2, 0.25) is 0 Å². The van der Waals surface area contributed by atoms with Gasteiger partial charge in [-0.15, -0.1) is 17.9 Å². The molecule has 0 atom stereocenters. The molecule has 3 aromatic rings. The molecule has 0 bridgehead atoms. The zero-order valence-electron chi connectivity index (χ0n) is 12.7. The zero-order chi connectivity index (χ0) is 17.4. The number of thiophene rings is 1. The predicted molar refractivity (Wildman–Crippen MR) is 94.4 cm³/mol. The highest BCUT2D eigenvalue weighted by Gasteiger charge is 2.20. The number of halogens is 2. The van der Waals surface area contributed by atoms with Gasteiger partial charge in [0.15, 0.2) is 4.77 Å². The van der Waals surface area contributed by atoms with Gasteiger partial charge < -0.3 is 0 Å². The van der Waals surface area contributed by atoms with Crippen molar-refractivity contribution >= 4 is 34.6 Å². The Morgan fingerprint density at radius 3 is 2.83 bits per heavy atom. The van der Waals surface area contributed by atoms with Crippen LogP contribution in [0.5, 0.6) is 0 Å². The van der Waals surface area contributed by atoms with Crippen molar-refractivity contribution in [1.82, 2.24) is 14.5 Å². The van der Waals surface area contributed by atoms with Crippen LogP contribution in [0.25, 0.3) is 21.6 Å². The lowest BCUT2D eigenvalue weighted by Gasteiger charge is -2.12. The van der Waals surface area contributed by atoms with E-state index in [0.29, 0.717) is 5.69 Å². The number of nitrogens with one attached hydrogen (secondary N) is 1. The van der Waals surface area contributed by atoms with Crippen LogP contribution in [0.15, 0.2) is 35.6 Å². The smallest absolute Gasteiger partial charge is 0.264 e. The summed E-state index contributed by atoms with van der Waals surface area (Å²) in [6.07, 6.45) is -1.23. The summed E-state index contributed by atoms with van der Waals surface area (Å²) >= 11 is 6.59. The molecule has 0 spiro atoms. The number of pyridine rings is 1. The highest BCUT2D eigenvalue weighted by atomic mass is 32.1. The number of hydrogen-bond donors (Lipinski definition) is 1. The Bertz CT molecular complexity index is 1050. The SMILES string of the molecule is C=CCn1c(=S)[nH]c(=O)c2c(C(F)F)cc(-c3ccc(C)s3)nc21. The maximum absolute atomic E-state index is 13.6. The van der Waals surface area contributed by atoms with Crippen LogP contribution in [-0.2, 0) is 6.54 Å². The Hall–Kier alpha value is -2.19. The van der Waals surface area contributed by atoms with Gasteiger partial charge in [0.1, 0.15) is 5.65 Å². The van der Waals surface area contributed by atoms with Crippen LogP contribution in [-0.4, -0.2) is 14.5 Å². The van der Waals surface area contributed by atoms with E-state index in [-0.39, 0.29) is 27.9 Å². The molecule has 0 amide bonds. The van der Waals surface area contributed by atoms with E-state index in [1.165, 1.54) is 22.0 Å². The number of fused-ring (bicyclic) bond motifs is 1. The second-order valence-corrected chi connectivity index (χ2v) is 6.84. The van der Waals surface area contributed by atoms with E-state index in [9.17, 15) is 13.6 Å². The lowest BCUT2D eigenvalue weighted by atomic mass is 10.1. The minimum Gasteiger partial charge on any atom is -0.299 e. The van der Waals surface area contributed by atoms with Gasteiger partial charge in [0, 0.05) is 17.0 Å². The molecule has 3 heterocycles. The van der Waals surface area contributed by atoms with Crippen molar-refractivity contribution in [3.63, 3.8) is 0 Å². The van der Waals surface area contributed by atoms with Gasteiger partial charge in [0.25, 0.3) is 12.0 Å². The van der Waals surface area contributed by atoms with E-state index >= 15 is 0 Å². The molecule has 0 fully saturated rings. The van der Waals surface area contributed by atoms with Crippen LogP contribution in [0.1, 0.15) is 16.9 Å². The molecule has 0 aliphatic heterocycles. The number of allylic oxidation sites excluding steroid dienone is 1. The molecule has 0 radical (unpaired) electrons. The third-order valence-corrected chi connectivity index (χ3v) is 4.86. The van der Waals surface area contributed by atoms with Crippen molar-refractivity contribution in [3.05, 3.63) is 56.4 Å².